The molecule has 0 aliphatic rings. The van der Waals surface area contributed by atoms with Gasteiger partial charge in [0.25, 0.3) is 0 Å². The summed E-state index contributed by atoms with van der Waals surface area (Å²) in [6.45, 7) is 6.54. The number of ether oxygens (including phenoxy) is 3. The molecule has 0 spiro atoms. The minimum atomic E-state index is -0.773. The van der Waals surface area contributed by atoms with E-state index in [1.807, 2.05) is 0 Å². The average molecular weight is 801 g/mol. The Bertz CT molecular complexity index is 969. The Morgan fingerprint density at radius 2 is 0.667 bits per heavy atom. The van der Waals surface area contributed by atoms with Gasteiger partial charge in [-0.05, 0) is 70.6 Å². The molecule has 0 radical (unpaired) electrons. The van der Waals surface area contributed by atoms with E-state index >= 15 is 0 Å². The van der Waals surface area contributed by atoms with Gasteiger partial charge in [-0.3, -0.25) is 14.4 Å². The molecule has 57 heavy (non-hydrogen) atoms. The summed E-state index contributed by atoms with van der Waals surface area (Å²) in [6.07, 6.45) is 52.7. The van der Waals surface area contributed by atoms with Gasteiger partial charge < -0.3 is 14.2 Å². The van der Waals surface area contributed by atoms with E-state index in [1.165, 1.54) is 128 Å². The lowest BCUT2D eigenvalue weighted by atomic mass is 10.0. The topological polar surface area (TPSA) is 78.9 Å². The van der Waals surface area contributed by atoms with Crippen molar-refractivity contribution < 1.29 is 28.6 Å². The van der Waals surface area contributed by atoms with Crippen LogP contribution in [0.15, 0.2) is 36.5 Å². The molecular formula is C51H92O6. The van der Waals surface area contributed by atoms with Crippen LogP contribution in [0.2, 0.25) is 0 Å². The van der Waals surface area contributed by atoms with E-state index in [1.54, 1.807) is 0 Å². The monoisotopic (exact) mass is 801 g/mol. The Morgan fingerprint density at radius 3 is 1.09 bits per heavy atom. The summed E-state index contributed by atoms with van der Waals surface area (Å²) in [7, 11) is 0. The fourth-order valence-electron chi connectivity index (χ4n) is 6.89. The molecule has 332 valence electrons. The lowest BCUT2D eigenvalue weighted by Crippen LogP contribution is -2.30. The Kier molecular flexibility index (Phi) is 44.4. The highest BCUT2D eigenvalue weighted by atomic mass is 16.6. The van der Waals surface area contributed by atoms with Crippen molar-refractivity contribution in [3.8, 4) is 0 Å². The Hall–Kier alpha value is -2.37. The van der Waals surface area contributed by atoms with E-state index in [0.29, 0.717) is 19.3 Å². The number of rotatable bonds is 44. The second-order valence-corrected chi connectivity index (χ2v) is 16.4. The van der Waals surface area contributed by atoms with Crippen LogP contribution in [0.1, 0.15) is 252 Å². The number of unbranched alkanes of at least 4 members (excludes halogenated alkanes) is 27. The number of carbonyl (C=O) groups excluding carboxylic acids is 3. The minimum absolute atomic E-state index is 0.0767. The molecule has 0 aromatic heterocycles. The van der Waals surface area contributed by atoms with Crippen LogP contribution in [0.25, 0.3) is 0 Å². The van der Waals surface area contributed by atoms with Crippen molar-refractivity contribution in [2.75, 3.05) is 13.2 Å². The van der Waals surface area contributed by atoms with E-state index in [4.69, 9.17) is 14.2 Å². The van der Waals surface area contributed by atoms with Crippen LogP contribution in [-0.4, -0.2) is 37.2 Å². The minimum Gasteiger partial charge on any atom is -0.462 e. The molecule has 1 atom stereocenters. The number of hydrogen-bond donors (Lipinski definition) is 0. The van der Waals surface area contributed by atoms with Crippen molar-refractivity contribution in [2.24, 2.45) is 0 Å². The van der Waals surface area contributed by atoms with E-state index in [-0.39, 0.29) is 31.1 Å². The largest absolute Gasteiger partial charge is 0.462 e. The normalized spacial score (nSPS) is 12.3. The first-order valence-corrected chi connectivity index (χ1v) is 24.5. The number of carbonyl (C=O) groups is 3. The van der Waals surface area contributed by atoms with Gasteiger partial charge in [0.2, 0.25) is 0 Å². The zero-order chi connectivity index (χ0) is 41.5. The van der Waals surface area contributed by atoms with Gasteiger partial charge in [0.15, 0.2) is 6.10 Å². The third-order valence-electron chi connectivity index (χ3n) is 10.6. The number of hydrogen-bond acceptors (Lipinski definition) is 6. The van der Waals surface area contributed by atoms with E-state index in [0.717, 1.165) is 83.5 Å². The van der Waals surface area contributed by atoms with Crippen molar-refractivity contribution in [3.63, 3.8) is 0 Å². The fourth-order valence-corrected chi connectivity index (χ4v) is 6.89. The van der Waals surface area contributed by atoms with Crippen LogP contribution >= 0.6 is 0 Å². The second-order valence-electron chi connectivity index (χ2n) is 16.4. The van der Waals surface area contributed by atoms with E-state index in [9.17, 15) is 14.4 Å². The first-order chi connectivity index (χ1) is 28.0. The highest BCUT2D eigenvalue weighted by Gasteiger charge is 2.19. The van der Waals surface area contributed by atoms with E-state index in [2.05, 4.69) is 57.2 Å². The molecule has 6 nitrogen and oxygen atoms in total. The van der Waals surface area contributed by atoms with Crippen molar-refractivity contribution in [1.82, 2.24) is 0 Å². The van der Waals surface area contributed by atoms with Crippen molar-refractivity contribution in [1.29, 1.82) is 0 Å². The summed E-state index contributed by atoms with van der Waals surface area (Å²) in [4.78, 5) is 37.8. The molecule has 0 heterocycles. The van der Waals surface area contributed by atoms with Gasteiger partial charge in [-0.15, -0.1) is 0 Å². The first-order valence-electron chi connectivity index (χ1n) is 24.5. The third kappa shape index (κ3) is 44.6. The van der Waals surface area contributed by atoms with Crippen LogP contribution in [0, 0.1) is 0 Å². The summed E-state index contributed by atoms with van der Waals surface area (Å²) in [5.74, 6) is -0.889. The summed E-state index contributed by atoms with van der Waals surface area (Å²) < 4.78 is 16.7. The average Bonchev–Trinajstić information content (AvgIpc) is 3.21. The van der Waals surface area contributed by atoms with Gasteiger partial charge in [0, 0.05) is 19.3 Å². The van der Waals surface area contributed by atoms with Crippen LogP contribution in [-0.2, 0) is 28.6 Å². The van der Waals surface area contributed by atoms with Crippen LogP contribution in [0.3, 0.4) is 0 Å². The SMILES string of the molecule is CCC/C=C\CCCCCCCC(=O)OCC(COC(=O)CCCCCCCCC/C=C\C/C=C\CCCCC)OC(=O)CCCCCCCCCCCCCC. The molecule has 0 bridgehead atoms. The molecule has 0 saturated carbocycles. The molecule has 0 aliphatic heterocycles. The molecule has 6 heteroatoms. The molecule has 0 rings (SSSR count). The lowest BCUT2D eigenvalue weighted by molar-refractivity contribution is -0.167. The van der Waals surface area contributed by atoms with Gasteiger partial charge in [-0.1, -0.05) is 198 Å². The molecule has 1 unspecified atom stereocenters. The van der Waals surface area contributed by atoms with Gasteiger partial charge in [-0.2, -0.15) is 0 Å². The Morgan fingerprint density at radius 1 is 0.351 bits per heavy atom. The van der Waals surface area contributed by atoms with Crippen LogP contribution in [0.5, 0.6) is 0 Å². The Labute approximate surface area is 353 Å². The van der Waals surface area contributed by atoms with Crippen molar-refractivity contribution in [3.05, 3.63) is 36.5 Å². The quantitative estimate of drug-likeness (QED) is 0.0264. The number of esters is 3. The van der Waals surface area contributed by atoms with Gasteiger partial charge >= 0.3 is 17.9 Å². The van der Waals surface area contributed by atoms with Gasteiger partial charge in [0.05, 0.1) is 0 Å². The predicted molar refractivity (Wildman–Crippen MR) is 242 cm³/mol. The predicted octanol–water partition coefficient (Wildman–Crippen LogP) is 15.8. The molecule has 0 amide bonds. The van der Waals surface area contributed by atoms with Crippen LogP contribution in [0.4, 0.5) is 0 Å². The molecule has 0 fully saturated rings. The van der Waals surface area contributed by atoms with Crippen molar-refractivity contribution >= 4 is 17.9 Å². The summed E-state index contributed by atoms with van der Waals surface area (Å²) in [5.41, 5.74) is 0. The molecule has 0 aromatic rings. The molecule has 0 aliphatic carbocycles. The highest BCUT2D eigenvalue weighted by molar-refractivity contribution is 5.71. The Balaban J connectivity index is 4.33. The molecule has 0 N–H and O–H groups in total. The van der Waals surface area contributed by atoms with Crippen molar-refractivity contribution in [2.45, 2.75) is 258 Å². The smallest absolute Gasteiger partial charge is 0.306 e. The third-order valence-corrected chi connectivity index (χ3v) is 10.6. The van der Waals surface area contributed by atoms with Gasteiger partial charge in [0.1, 0.15) is 13.2 Å². The first kappa shape index (κ1) is 54.6. The fraction of sp³-hybridized carbons (Fsp3) is 0.824. The highest BCUT2D eigenvalue weighted by Crippen LogP contribution is 2.15. The van der Waals surface area contributed by atoms with Gasteiger partial charge in [-0.25, -0.2) is 0 Å². The second kappa shape index (κ2) is 46.3. The summed E-state index contributed by atoms with van der Waals surface area (Å²) in [5, 5.41) is 0. The number of allylic oxidation sites excluding steroid dienone is 6. The zero-order valence-corrected chi connectivity index (χ0v) is 37.9. The molecule has 0 aromatic carbocycles. The molecule has 0 saturated heterocycles. The lowest BCUT2D eigenvalue weighted by Gasteiger charge is -2.18. The maximum atomic E-state index is 12.7. The maximum Gasteiger partial charge on any atom is 0.306 e. The standard InChI is InChI=1S/C51H92O6/c1-4-7-10-13-16-19-22-24-25-26-27-28-30-32-35-38-41-44-50(53)56-47-48(46-55-49(52)43-40-37-34-31-21-18-15-12-9-6-3)57-51(54)45-42-39-36-33-29-23-20-17-14-11-8-5-2/h12,15-16,19,24-25,48H,4-11,13-14,17-18,20-23,26-47H2,1-3H3/b15-12-,19-16-,25-24-. The van der Waals surface area contributed by atoms with Crippen LogP contribution < -0.4 is 0 Å². The summed E-state index contributed by atoms with van der Waals surface area (Å²) in [6, 6.07) is 0. The maximum absolute atomic E-state index is 12.7. The summed E-state index contributed by atoms with van der Waals surface area (Å²) >= 11 is 0. The molecular weight excluding hydrogens is 709 g/mol. The zero-order valence-electron chi connectivity index (χ0n) is 37.9. The van der Waals surface area contributed by atoms with E-state index < -0.39 is 6.10 Å².